The maximum Gasteiger partial charge on any atom is 0.355 e. The molecule has 2 aromatic rings. The molecule has 1 aliphatic carbocycles. The van der Waals surface area contributed by atoms with Crippen molar-refractivity contribution in [1.29, 1.82) is 0 Å². The number of allylic oxidation sites excluding steroid dienone is 8. The highest BCUT2D eigenvalue weighted by Crippen LogP contribution is 2.15. The Hall–Kier alpha value is -3.14. The number of benzene rings is 1. The van der Waals surface area contributed by atoms with Gasteiger partial charge < -0.3 is 4.74 Å². The van der Waals surface area contributed by atoms with Gasteiger partial charge in [0.05, 0.1) is 5.70 Å². The van der Waals surface area contributed by atoms with E-state index in [1.54, 1.807) is 6.20 Å². The van der Waals surface area contributed by atoms with Crippen LogP contribution in [0.5, 0.6) is 5.88 Å². The molecule has 0 amide bonds. The van der Waals surface area contributed by atoms with Crippen LogP contribution in [0.1, 0.15) is 11.1 Å². The monoisotopic (exact) mass is 318 g/mol. The van der Waals surface area contributed by atoms with Crippen LogP contribution >= 0.6 is 0 Å². The molecule has 4 nitrogen and oxygen atoms in total. The molecule has 0 unspecified atom stereocenters. The molecule has 1 aromatic heterocycles. The molecule has 1 aromatic carbocycles. The van der Waals surface area contributed by atoms with E-state index in [9.17, 15) is 4.79 Å². The maximum absolute atomic E-state index is 12.4. The Labute approximate surface area is 140 Å². The van der Waals surface area contributed by atoms with Crippen LogP contribution in [0.2, 0.25) is 0 Å². The number of hydrogen-bond donors (Lipinski definition) is 0. The van der Waals surface area contributed by atoms with Crippen LogP contribution in [0.3, 0.4) is 0 Å². The lowest BCUT2D eigenvalue weighted by Crippen LogP contribution is -2.23. The molecule has 0 N–H and O–H groups in total. The van der Waals surface area contributed by atoms with E-state index in [0.29, 0.717) is 12.5 Å². The van der Waals surface area contributed by atoms with Gasteiger partial charge in [-0.15, -0.1) is 0 Å². The van der Waals surface area contributed by atoms with Gasteiger partial charge in [-0.25, -0.2) is 4.79 Å². The Morgan fingerprint density at radius 3 is 2.62 bits per heavy atom. The summed E-state index contributed by atoms with van der Waals surface area (Å²) in [4.78, 5) is 16.4. The van der Waals surface area contributed by atoms with E-state index in [0.717, 1.165) is 16.8 Å². The fraction of sp³-hybridized carbons (Fsp3) is 0.100. The molecule has 24 heavy (non-hydrogen) atoms. The highest BCUT2D eigenvalue weighted by molar-refractivity contribution is 5.60. The first-order chi connectivity index (χ1) is 11.7. The second-order valence-electron chi connectivity index (χ2n) is 5.38. The number of aromatic nitrogens is 2. The van der Waals surface area contributed by atoms with Gasteiger partial charge in [0.15, 0.2) is 0 Å². The molecular formula is C20H18N2O2. The number of ether oxygens (including phenoxy) is 1. The second-order valence-corrected chi connectivity index (χ2v) is 5.38. The van der Waals surface area contributed by atoms with Gasteiger partial charge in [-0.1, -0.05) is 60.7 Å². The average Bonchev–Trinajstić information content (AvgIpc) is 2.56. The molecule has 0 aliphatic heterocycles. The first kappa shape index (κ1) is 15.7. The molecule has 0 fully saturated rings. The summed E-state index contributed by atoms with van der Waals surface area (Å²) in [5.41, 5.74) is 2.23. The van der Waals surface area contributed by atoms with Gasteiger partial charge in [0.1, 0.15) is 6.61 Å². The molecule has 0 saturated heterocycles. The Kier molecular flexibility index (Phi) is 4.87. The van der Waals surface area contributed by atoms with Crippen molar-refractivity contribution in [2.24, 2.45) is 0 Å². The van der Waals surface area contributed by atoms with Crippen molar-refractivity contribution in [2.45, 2.75) is 13.5 Å². The van der Waals surface area contributed by atoms with Crippen molar-refractivity contribution < 1.29 is 4.74 Å². The number of rotatable bonds is 4. The highest BCUT2D eigenvalue weighted by atomic mass is 16.5. The van der Waals surface area contributed by atoms with Crippen LogP contribution in [0, 0.1) is 6.92 Å². The van der Waals surface area contributed by atoms with E-state index >= 15 is 0 Å². The number of aryl methyl sites for hydroxylation is 1. The van der Waals surface area contributed by atoms with Gasteiger partial charge in [-0.2, -0.15) is 4.98 Å². The molecule has 0 bridgehead atoms. The van der Waals surface area contributed by atoms with Gasteiger partial charge in [-0.05, 0) is 24.6 Å². The summed E-state index contributed by atoms with van der Waals surface area (Å²) in [6.45, 7) is 2.26. The van der Waals surface area contributed by atoms with E-state index in [4.69, 9.17) is 4.74 Å². The summed E-state index contributed by atoms with van der Waals surface area (Å²) in [6.07, 6.45) is 15.0. The molecular weight excluding hydrogens is 300 g/mol. The zero-order valence-corrected chi connectivity index (χ0v) is 13.4. The smallest absolute Gasteiger partial charge is 0.355 e. The SMILES string of the molecule is Cc1cn(C2=C/C=C\C=C/C=C\2)c(=O)nc1OCc1ccccc1. The molecule has 1 heterocycles. The number of nitrogens with zero attached hydrogens (tertiary/aromatic N) is 2. The number of hydrogen-bond acceptors (Lipinski definition) is 3. The van der Waals surface area contributed by atoms with Crippen molar-refractivity contribution >= 4 is 5.70 Å². The van der Waals surface area contributed by atoms with Gasteiger partial charge in [-0.3, -0.25) is 4.57 Å². The second kappa shape index (κ2) is 7.42. The quantitative estimate of drug-likeness (QED) is 0.864. The first-order valence-corrected chi connectivity index (χ1v) is 7.73. The van der Waals surface area contributed by atoms with Crippen molar-refractivity contribution in [3.63, 3.8) is 0 Å². The minimum absolute atomic E-state index is 0.363. The lowest BCUT2D eigenvalue weighted by Gasteiger charge is -2.11. The lowest BCUT2D eigenvalue weighted by atomic mass is 10.2. The summed E-state index contributed by atoms with van der Waals surface area (Å²) < 4.78 is 7.22. The summed E-state index contributed by atoms with van der Waals surface area (Å²) in [5.74, 6) is 0.367. The van der Waals surface area contributed by atoms with E-state index in [1.165, 1.54) is 4.57 Å². The van der Waals surface area contributed by atoms with Crippen LogP contribution in [0.4, 0.5) is 0 Å². The van der Waals surface area contributed by atoms with E-state index in [1.807, 2.05) is 79.8 Å². The minimum Gasteiger partial charge on any atom is -0.472 e. The lowest BCUT2D eigenvalue weighted by molar-refractivity contribution is 0.289. The molecule has 3 rings (SSSR count). The molecule has 4 heteroatoms. The molecule has 0 atom stereocenters. The molecule has 0 saturated carbocycles. The Morgan fingerprint density at radius 2 is 1.79 bits per heavy atom. The minimum atomic E-state index is -0.363. The van der Waals surface area contributed by atoms with Crippen LogP contribution in [-0.4, -0.2) is 9.55 Å². The third kappa shape index (κ3) is 3.79. The van der Waals surface area contributed by atoms with Crippen molar-refractivity contribution in [3.8, 4) is 5.88 Å². The van der Waals surface area contributed by atoms with Crippen molar-refractivity contribution in [3.05, 3.63) is 101 Å². The zero-order valence-electron chi connectivity index (χ0n) is 13.4. The molecule has 0 radical (unpaired) electrons. The normalized spacial score (nSPS) is 19.5. The summed E-state index contributed by atoms with van der Waals surface area (Å²) in [5, 5.41) is 0. The summed E-state index contributed by atoms with van der Waals surface area (Å²) in [7, 11) is 0. The predicted octanol–water partition coefficient (Wildman–Crippen LogP) is 3.65. The molecule has 120 valence electrons. The highest BCUT2D eigenvalue weighted by Gasteiger charge is 2.09. The third-order valence-electron chi connectivity index (χ3n) is 3.54. The third-order valence-corrected chi connectivity index (χ3v) is 3.54. The van der Waals surface area contributed by atoms with Crippen LogP contribution in [0.25, 0.3) is 5.70 Å². The Balaban J connectivity index is 1.85. The largest absolute Gasteiger partial charge is 0.472 e. The zero-order chi connectivity index (χ0) is 16.8. The van der Waals surface area contributed by atoms with Crippen molar-refractivity contribution in [1.82, 2.24) is 9.55 Å². The van der Waals surface area contributed by atoms with E-state index < -0.39 is 0 Å². The van der Waals surface area contributed by atoms with Crippen LogP contribution in [0.15, 0.2) is 83.9 Å². The maximum atomic E-state index is 12.4. The Morgan fingerprint density at radius 1 is 1.04 bits per heavy atom. The standard InChI is InChI=1S/C20H18N2O2/c1-16-14-22(18-12-8-3-2-4-9-13-18)20(23)21-19(16)24-15-17-10-6-5-7-11-17/h2-14H,15H2,1H3/b3-2-,4-2?,8-3?,9-4-,12-8-,13-9?,18-12?,18-13+. The van der Waals surface area contributed by atoms with Gasteiger partial charge in [0, 0.05) is 11.8 Å². The van der Waals surface area contributed by atoms with E-state index in [2.05, 4.69) is 4.98 Å². The van der Waals surface area contributed by atoms with Crippen molar-refractivity contribution in [2.75, 3.05) is 0 Å². The summed E-state index contributed by atoms with van der Waals surface area (Å²) >= 11 is 0. The van der Waals surface area contributed by atoms with Gasteiger partial charge >= 0.3 is 5.69 Å². The topological polar surface area (TPSA) is 44.1 Å². The van der Waals surface area contributed by atoms with Crippen LogP contribution in [-0.2, 0) is 6.61 Å². The summed E-state index contributed by atoms with van der Waals surface area (Å²) in [6, 6.07) is 9.80. The molecule has 0 spiro atoms. The fourth-order valence-electron chi connectivity index (χ4n) is 2.31. The molecule has 1 aliphatic rings. The van der Waals surface area contributed by atoms with Gasteiger partial charge in [0.25, 0.3) is 0 Å². The average molecular weight is 318 g/mol. The Bertz CT molecular complexity index is 888. The van der Waals surface area contributed by atoms with E-state index in [-0.39, 0.29) is 5.69 Å². The fourth-order valence-corrected chi connectivity index (χ4v) is 2.31. The first-order valence-electron chi connectivity index (χ1n) is 7.73. The van der Waals surface area contributed by atoms with Gasteiger partial charge in [0.2, 0.25) is 5.88 Å². The van der Waals surface area contributed by atoms with Crippen LogP contribution < -0.4 is 10.4 Å². The predicted molar refractivity (Wildman–Crippen MR) is 95.7 cm³/mol.